The third-order valence-electron chi connectivity index (χ3n) is 0.580. The normalized spacial score (nSPS) is 10.1. The van der Waals surface area contributed by atoms with Crippen LogP contribution in [0.3, 0.4) is 0 Å². The highest BCUT2D eigenvalue weighted by Crippen LogP contribution is 2.11. The Morgan fingerprint density at radius 3 is 2.00 bits per heavy atom. The van der Waals surface area contributed by atoms with E-state index in [1.54, 1.807) is 0 Å². The van der Waals surface area contributed by atoms with Crippen LogP contribution in [0.5, 0.6) is 0 Å². The fourth-order valence-electron chi connectivity index (χ4n) is 0.276. The SMILES string of the molecule is C=CCS[N+](C)(C)C.N. The molecule has 0 unspecified atom stereocenters. The molecule has 0 fully saturated rings. The van der Waals surface area contributed by atoms with Crippen LogP contribution in [0.4, 0.5) is 0 Å². The van der Waals surface area contributed by atoms with Gasteiger partial charge in [0.05, 0.1) is 38.8 Å². The van der Waals surface area contributed by atoms with Gasteiger partial charge in [0.2, 0.25) is 0 Å². The predicted molar refractivity (Wildman–Crippen MR) is 45.7 cm³/mol. The molecule has 0 saturated heterocycles. The van der Waals surface area contributed by atoms with E-state index in [0.717, 1.165) is 9.64 Å². The fraction of sp³-hybridized carbons (Fsp3) is 0.667. The first kappa shape index (κ1) is 11.8. The Morgan fingerprint density at radius 1 is 1.44 bits per heavy atom. The van der Waals surface area contributed by atoms with Crippen LogP contribution in [-0.2, 0) is 0 Å². The van der Waals surface area contributed by atoms with Crippen LogP contribution >= 0.6 is 11.9 Å². The van der Waals surface area contributed by atoms with Gasteiger partial charge >= 0.3 is 0 Å². The van der Waals surface area contributed by atoms with Crippen molar-refractivity contribution in [3.05, 3.63) is 12.7 Å². The quantitative estimate of drug-likeness (QED) is 0.376. The minimum absolute atomic E-state index is 0. The van der Waals surface area contributed by atoms with Gasteiger partial charge in [0.15, 0.2) is 0 Å². The van der Waals surface area contributed by atoms with Gasteiger partial charge in [-0.1, -0.05) is 6.08 Å². The van der Waals surface area contributed by atoms with Gasteiger partial charge in [-0.05, 0) is 0 Å². The molecule has 0 rings (SSSR count). The summed E-state index contributed by atoms with van der Waals surface area (Å²) in [4.78, 5) is 0. The number of quaternary nitrogens is 1. The Morgan fingerprint density at radius 2 is 1.89 bits per heavy atom. The Labute approximate surface area is 62.2 Å². The zero-order valence-corrected chi connectivity index (χ0v) is 7.37. The highest BCUT2D eigenvalue weighted by atomic mass is 32.2. The molecule has 0 spiro atoms. The van der Waals surface area contributed by atoms with E-state index in [4.69, 9.17) is 0 Å². The molecule has 0 aliphatic rings. The Kier molecular flexibility index (Phi) is 6.34. The van der Waals surface area contributed by atoms with Gasteiger partial charge in [0.25, 0.3) is 0 Å². The molecule has 56 valence electrons. The summed E-state index contributed by atoms with van der Waals surface area (Å²) in [5.74, 6) is 1.03. The molecule has 0 atom stereocenters. The molecule has 0 aromatic rings. The largest absolute Gasteiger partial charge is 0.344 e. The van der Waals surface area contributed by atoms with Crippen molar-refractivity contribution >= 4 is 11.9 Å². The standard InChI is InChI=1S/C6H14NS.H3N/c1-5-6-8-7(2,3)4;/h5H,1,6H2,2-4H3;1H3/q+1;. The molecule has 0 aromatic carbocycles. The summed E-state index contributed by atoms with van der Waals surface area (Å²) in [6.45, 7) is 3.63. The zero-order valence-electron chi connectivity index (χ0n) is 6.55. The van der Waals surface area contributed by atoms with Gasteiger partial charge in [-0.3, -0.25) is 3.89 Å². The molecule has 0 saturated carbocycles. The molecule has 0 bridgehead atoms. The first-order chi connectivity index (χ1) is 3.56. The lowest BCUT2D eigenvalue weighted by molar-refractivity contribution is -0.726. The average Bonchev–Trinajstić information content (AvgIpc) is 1.59. The molecule has 3 N–H and O–H groups in total. The van der Waals surface area contributed by atoms with E-state index in [2.05, 4.69) is 27.7 Å². The molecular formula is C6H17N2S+. The van der Waals surface area contributed by atoms with Crippen LogP contribution in [-0.4, -0.2) is 30.8 Å². The maximum absolute atomic E-state index is 3.63. The second kappa shape index (κ2) is 4.85. The van der Waals surface area contributed by atoms with E-state index >= 15 is 0 Å². The summed E-state index contributed by atoms with van der Waals surface area (Å²) < 4.78 is 0.950. The maximum atomic E-state index is 3.63. The molecule has 0 aromatic heterocycles. The third kappa shape index (κ3) is 11.5. The Balaban J connectivity index is 0. The number of rotatable bonds is 3. The van der Waals surface area contributed by atoms with Crippen molar-refractivity contribution in [2.45, 2.75) is 0 Å². The number of hydrogen-bond acceptors (Lipinski definition) is 2. The summed E-state index contributed by atoms with van der Waals surface area (Å²) in [6, 6.07) is 0. The molecule has 3 heteroatoms. The monoisotopic (exact) mass is 149 g/mol. The van der Waals surface area contributed by atoms with Crippen LogP contribution in [0.25, 0.3) is 0 Å². The first-order valence-electron chi connectivity index (χ1n) is 2.63. The lowest BCUT2D eigenvalue weighted by atomic mass is 10.8. The van der Waals surface area contributed by atoms with E-state index in [-0.39, 0.29) is 6.15 Å². The van der Waals surface area contributed by atoms with Gasteiger partial charge in [-0.25, -0.2) is 0 Å². The van der Waals surface area contributed by atoms with Gasteiger partial charge in [0, 0.05) is 0 Å². The summed E-state index contributed by atoms with van der Waals surface area (Å²) in [7, 11) is 6.44. The van der Waals surface area contributed by atoms with Crippen LogP contribution in [0.2, 0.25) is 0 Å². The van der Waals surface area contributed by atoms with Crippen LogP contribution in [0.1, 0.15) is 0 Å². The molecule has 9 heavy (non-hydrogen) atoms. The van der Waals surface area contributed by atoms with Crippen LogP contribution in [0, 0.1) is 0 Å². The van der Waals surface area contributed by atoms with E-state index in [1.807, 2.05) is 18.0 Å². The van der Waals surface area contributed by atoms with E-state index in [9.17, 15) is 0 Å². The first-order valence-corrected chi connectivity index (χ1v) is 3.57. The van der Waals surface area contributed by atoms with Gasteiger partial charge in [-0.15, -0.1) is 6.58 Å². The predicted octanol–water partition coefficient (Wildman–Crippen LogP) is 1.69. The van der Waals surface area contributed by atoms with E-state index < -0.39 is 0 Å². The average molecular weight is 149 g/mol. The van der Waals surface area contributed by atoms with Gasteiger partial charge in [0.1, 0.15) is 0 Å². The minimum atomic E-state index is 0. The number of nitrogens with zero attached hydrogens (tertiary/aromatic N) is 1. The summed E-state index contributed by atoms with van der Waals surface area (Å²) >= 11 is 1.85. The van der Waals surface area contributed by atoms with Gasteiger partial charge < -0.3 is 6.15 Å². The van der Waals surface area contributed by atoms with Gasteiger partial charge in [-0.2, -0.15) is 0 Å². The summed E-state index contributed by atoms with van der Waals surface area (Å²) in [5, 5.41) is 0. The molecule has 0 heterocycles. The molecule has 0 aliphatic carbocycles. The highest BCUT2D eigenvalue weighted by Gasteiger charge is 2.05. The van der Waals surface area contributed by atoms with Crippen molar-refractivity contribution in [3.8, 4) is 0 Å². The second-order valence-electron chi connectivity index (χ2n) is 2.47. The van der Waals surface area contributed by atoms with E-state index in [0.29, 0.717) is 0 Å². The van der Waals surface area contributed by atoms with Crippen molar-refractivity contribution in [1.82, 2.24) is 6.15 Å². The Hall–Kier alpha value is 0.01000. The van der Waals surface area contributed by atoms with Crippen LogP contribution in [0.15, 0.2) is 12.7 Å². The molecule has 2 nitrogen and oxygen atoms in total. The van der Waals surface area contributed by atoms with Crippen molar-refractivity contribution in [3.63, 3.8) is 0 Å². The topological polar surface area (TPSA) is 35.0 Å². The number of hydrogen-bond donors (Lipinski definition) is 1. The maximum Gasteiger partial charge on any atom is 0.0783 e. The smallest absolute Gasteiger partial charge is 0.0783 e. The highest BCUT2D eigenvalue weighted by molar-refractivity contribution is 7.93. The van der Waals surface area contributed by atoms with Crippen molar-refractivity contribution < 1.29 is 3.89 Å². The van der Waals surface area contributed by atoms with Crippen molar-refractivity contribution in [1.29, 1.82) is 0 Å². The van der Waals surface area contributed by atoms with Crippen molar-refractivity contribution in [2.24, 2.45) is 0 Å². The lowest BCUT2D eigenvalue weighted by Gasteiger charge is -2.19. The zero-order chi connectivity index (χ0) is 6.62. The summed E-state index contributed by atoms with van der Waals surface area (Å²) in [5.41, 5.74) is 0. The van der Waals surface area contributed by atoms with Crippen molar-refractivity contribution in [2.75, 3.05) is 26.9 Å². The second-order valence-corrected chi connectivity index (χ2v) is 4.16. The van der Waals surface area contributed by atoms with Crippen LogP contribution < -0.4 is 6.15 Å². The third-order valence-corrected chi connectivity index (χ3v) is 1.74. The molecular weight excluding hydrogens is 132 g/mol. The molecule has 0 radical (unpaired) electrons. The lowest BCUT2D eigenvalue weighted by Crippen LogP contribution is -2.25. The molecule has 0 amide bonds. The minimum Gasteiger partial charge on any atom is -0.344 e. The fourth-order valence-corrected chi connectivity index (χ4v) is 0.829. The molecule has 0 aliphatic heterocycles. The van der Waals surface area contributed by atoms with E-state index in [1.165, 1.54) is 0 Å². The Bertz CT molecular complexity index is 75.6. The summed E-state index contributed by atoms with van der Waals surface area (Å²) in [6.07, 6.45) is 1.92.